The summed E-state index contributed by atoms with van der Waals surface area (Å²) in [5.41, 5.74) is 0.932. The van der Waals surface area contributed by atoms with E-state index in [-0.39, 0.29) is 37.6 Å². The number of pyridine rings is 1. The number of anilines is 1. The van der Waals surface area contributed by atoms with Crippen molar-refractivity contribution in [1.82, 2.24) is 10.3 Å². The van der Waals surface area contributed by atoms with Gasteiger partial charge in [0.2, 0.25) is 5.91 Å². The van der Waals surface area contributed by atoms with E-state index in [4.69, 9.17) is 4.74 Å². The normalized spacial score (nSPS) is 20.9. The number of hydrogen-bond acceptors (Lipinski definition) is 8. The van der Waals surface area contributed by atoms with E-state index < -0.39 is 53.7 Å². The van der Waals surface area contributed by atoms with Crippen molar-refractivity contribution in [3.8, 4) is 0 Å². The average molecular weight is 704 g/mol. The smallest absolute Gasteiger partial charge is 0.407 e. The first kappa shape index (κ1) is 39.5. The molecule has 2 amide bonds. The predicted octanol–water partition coefficient (Wildman–Crippen LogP) is 5.87. The van der Waals surface area contributed by atoms with Crippen LogP contribution in [0.5, 0.6) is 0 Å². The minimum atomic E-state index is -1.02. The Morgan fingerprint density at radius 2 is 1.73 bits per heavy atom. The lowest BCUT2D eigenvalue weighted by Crippen LogP contribution is -2.41. The number of fused-ring (bicyclic) bond motifs is 1. The maximum absolute atomic E-state index is 13.9. The lowest BCUT2D eigenvalue weighted by atomic mass is 9.83. The Balaban J connectivity index is 1.48. The van der Waals surface area contributed by atoms with Crippen LogP contribution in [0.15, 0.2) is 79.1 Å². The largest absolute Gasteiger partial charge is 0.481 e. The molecule has 2 aromatic carbocycles. The third-order valence-corrected chi connectivity index (χ3v) is 9.57. The van der Waals surface area contributed by atoms with Gasteiger partial charge in [-0.1, -0.05) is 48.6 Å². The Bertz CT molecular complexity index is 1610. The molecule has 1 heterocycles. The van der Waals surface area contributed by atoms with Gasteiger partial charge in [-0.15, -0.1) is 0 Å². The van der Waals surface area contributed by atoms with Gasteiger partial charge in [0.1, 0.15) is 5.60 Å². The second kappa shape index (κ2) is 18.8. The summed E-state index contributed by atoms with van der Waals surface area (Å²) in [6.07, 6.45) is 7.24. The molecular formula is C40H53N3O8. The van der Waals surface area contributed by atoms with Crippen LogP contribution >= 0.6 is 0 Å². The number of carbonyl (C=O) groups excluding carboxylic acids is 2. The first-order valence-corrected chi connectivity index (χ1v) is 17.9. The molecule has 1 aliphatic rings. The van der Waals surface area contributed by atoms with Crippen molar-refractivity contribution >= 4 is 34.4 Å². The molecule has 0 saturated heterocycles. The number of ether oxygens (including phenoxy) is 1. The topological polar surface area (TPSA) is 178 Å². The number of hydrogen-bond donors (Lipinski definition) is 6. The number of aryl methyl sites for hydroxylation is 1. The number of benzene rings is 2. The fourth-order valence-electron chi connectivity index (χ4n) is 6.89. The molecule has 2 unspecified atom stereocenters. The van der Waals surface area contributed by atoms with Crippen LogP contribution in [-0.2, 0) is 20.7 Å². The highest BCUT2D eigenvalue weighted by molar-refractivity contribution is 5.96. The number of alkyl carbamates (subject to hydrolysis) is 1. The number of aliphatic carboxylic acids is 1. The van der Waals surface area contributed by atoms with Crippen LogP contribution < -0.4 is 10.6 Å². The summed E-state index contributed by atoms with van der Waals surface area (Å²) < 4.78 is 5.40. The Kier molecular flexibility index (Phi) is 14.5. The SMILES string of the molecule is CC(C)(C)OC(=O)NCC(C(=O)Nc1ccc2cnccc2c1)C(C=CC[C@@H]1[C@@H](CC[C@@H](O)CCc2ccccc2)[C@H](O)C[C@@H]1O)CCC(=O)O. The van der Waals surface area contributed by atoms with E-state index >= 15 is 0 Å². The number of carboxylic acids is 1. The molecule has 1 aromatic heterocycles. The van der Waals surface area contributed by atoms with Crippen molar-refractivity contribution in [3.05, 3.63) is 84.7 Å². The quantitative estimate of drug-likeness (QED) is 0.0938. The van der Waals surface area contributed by atoms with Gasteiger partial charge >= 0.3 is 12.1 Å². The molecule has 1 aliphatic carbocycles. The van der Waals surface area contributed by atoms with Crippen LogP contribution in [0.1, 0.15) is 71.3 Å². The van der Waals surface area contributed by atoms with Gasteiger partial charge in [-0.3, -0.25) is 14.6 Å². The number of aliphatic hydroxyl groups excluding tert-OH is 3. The third-order valence-electron chi connectivity index (χ3n) is 9.57. The second-order valence-electron chi connectivity index (χ2n) is 14.6. The van der Waals surface area contributed by atoms with Gasteiger partial charge in [0.25, 0.3) is 0 Å². The Labute approximate surface area is 300 Å². The highest BCUT2D eigenvalue weighted by atomic mass is 16.6. The van der Waals surface area contributed by atoms with Gasteiger partial charge in [-0.05, 0) is 113 Å². The number of aromatic nitrogens is 1. The number of nitrogens with one attached hydrogen (secondary N) is 2. The third kappa shape index (κ3) is 12.7. The summed E-state index contributed by atoms with van der Waals surface area (Å²) in [5.74, 6) is -3.39. The predicted molar refractivity (Wildman–Crippen MR) is 196 cm³/mol. The molecular weight excluding hydrogens is 650 g/mol. The molecule has 3 aromatic rings. The Morgan fingerprint density at radius 1 is 0.980 bits per heavy atom. The number of carbonyl (C=O) groups is 3. The molecule has 0 aliphatic heterocycles. The van der Waals surface area contributed by atoms with E-state index in [0.29, 0.717) is 31.4 Å². The van der Waals surface area contributed by atoms with Gasteiger partial charge in [-0.25, -0.2) is 4.79 Å². The Morgan fingerprint density at radius 3 is 2.45 bits per heavy atom. The van der Waals surface area contributed by atoms with E-state index in [2.05, 4.69) is 15.6 Å². The Hall–Kier alpha value is -4.32. The standard InChI is InChI=1S/C40H53N3O8/c1-40(2,3)51-39(50)42-25-34(38(49)43-30-15-13-29-24-41-21-20-28(29)22-30)27(14-19-37(47)48)10-7-11-32-33(36(46)23-35(32)45)18-17-31(44)16-12-26-8-5-4-6-9-26/h4-10,13,15,20-22,24,27,31-36,44-46H,11-12,14,16-19,23,25H2,1-3H3,(H,42,50)(H,43,49)(H,47,48)/t27?,31-,32+,33+,34?,35-,36+/m0/s1. The molecule has 1 fully saturated rings. The molecule has 276 valence electrons. The van der Waals surface area contributed by atoms with Gasteiger partial charge in [0.05, 0.1) is 24.2 Å². The number of rotatable bonds is 17. The van der Waals surface area contributed by atoms with Gasteiger partial charge in [-0.2, -0.15) is 0 Å². The lowest BCUT2D eigenvalue weighted by molar-refractivity contribution is -0.137. The number of carboxylic acid groups (broad SMARTS) is 1. The van der Waals surface area contributed by atoms with Crippen LogP contribution in [0.25, 0.3) is 10.8 Å². The van der Waals surface area contributed by atoms with E-state index in [1.165, 1.54) is 0 Å². The summed E-state index contributed by atoms with van der Waals surface area (Å²) in [6, 6.07) is 17.2. The van der Waals surface area contributed by atoms with Crippen molar-refractivity contribution in [1.29, 1.82) is 0 Å². The van der Waals surface area contributed by atoms with Crippen molar-refractivity contribution in [3.63, 3.8) is 0 Å². The summed E-state index contributed by atoms with van der Waals surface area (Å²) in [7, 11) is 0. The van der Waals surface area contributed by atoms with Gasteiger partial charge in [0, 0.05) is 36.4 Å². The number of amides is 2. The summed E-state index contributed by atoms with van der Waals surface area (Å²) in [4.78, 5) is 42.4. The molecule has 1 saturated carbocycles. The number of nitrogens with zero attached hydrogens (tertiary/aromatic N) is 1. The highest BCUT2D eigenvalue weighted by Crippen LogP contribution is 2.39. The first-order valence-electron chi connectivity index (χ1n) is 17.9. The number of allylic oxidation sites excluding steroid dienone is 2. The monoisotopic (exact) mass is 703 g/mol. The number of aliphatic hydroxyl groups is 3. The van der Waals surface area contributed by atoms with E-state index in [0.717, 1.165) is 22.8 Å². The molecule has 6 N–H and O–H groups in total. The van der Waals surface area contributed by atoms with Crippen LogP contribution in [-0.4, -0.2) is 73.8 Å². The van der Waals surface area contributed by atoms with E-state index in [1.54, 1.807) is 45.3 Å². The molecule has 51 heavy (non-hydrogen) atoms. The fraction of sp³-hybridized carbons (Fsp3) is 0.500. The molecule has 0 radical (unpaired) electrons. The van der Waals surface area contributed by atoms with Crippen LogP contribution in [0, 0.1) is 23.7 Å². The van der Waals surface area contributed by atoms with Crippen molar-refractivity contribution < 1.29 is 39.5 Å². The molecule has 0 spiro atoms. The second-order valence-corrected chi connectivity index (χ2v) is 14.6. The first-order chi connectivity index (χ1) is 24.3. The van der Waals surface area contributed by atoms with E-state index in [1.807, 2.05) is 54.6 Å². The molecule has 11 nitrogen and oxygen atoms in total. The zero-order valence-electron chi connectivity index (χ0n) is 29.8. The molecule has 7 atom stereocenters. The van der Waals surface area contributed by atoms with Crippen LogP contribution in [0.4, 0.5) is 10.5 Å². The van der Waals surface area contributed by atoms with Crippen LogP contribution in [0.2, 0.25) is 0 Å². The maximum Gasteiger partial charge on any atom is 0.407 e. The minimum Gasteiger partial charge on any atom is -0.481 e. The minimum absolute atomic E-state index is 0.110. The fourth-order valence-corrected chi connectivity index (χ4v) is 6.89. The average Bonchev–Trinajstić information content (AvgIpc) is 3.35. The van der Waals surface area contributed by atoms with Crippen molar-refractivity contribution in [2.24, 2.45) is 23.7 Å². The van der Waals surface area contributed by atoms with E-state index in [9.17, 15) is 34.8 Å². The van der Waals surface area contributed by atoms with Crippen molar-refractivity contribution in [2.75, 3.05) is 11.9 Å². The zero-order chi connectivity index (χ0) is 37.0. The summed E-state index contributed by atoms with van der Waals surface area (Å²) >= 11 is 0. The highest BCUT2D eigenvalue weighted by Gasteiger charge is 2.41. The molecule has 4 rings (SSSR count). The molecule has 11 heteroatoms. The lowest BCUT2D eigenvalue weighted by Gasteiger charge is -2.26. The van der Waals surface area contributed by atoms with Crippen molar-refractivity contribution in [2.45, 2.75) is 96.1 Å². The zero-order valence-corrected chi connectivity index (χ0v) is 29.8. The molecule has 0 bridgehead atoms. The maximum atomic E-state index is 13.9. The summed E-state index contributed by atoms with van der Waals surface area (Å²) in [6.45, 7) is 5.09. The van der Waals surface area contributed by atoms with Gasteiger partial charge in [0.15, 0.2) is 0 Å². The summed E-state index contributed by atoms with van der Waals surface area (Å²) in [5, 5.41) is 49.4. The van der Waals surface area contributed by atoms with Gasteiger partial charge < -0.3 is 35.8 Å². The van der Waals surface area contributed by atoms with Crippen LogP contribution in [0.3, 0.4) is 0 Å².